The van der Waals surface area contributed by atoms with Crippen LogP contribution in [0.25, 0.3) is 11.1 Å². The molecule has 0 aliphatic carbocycles. The quantitative estimate of drug-likeness (QED) is 0.519. The van der Waals surface area contributed by atoms with Crippen LogP contribution < -0.4 is 5.32 Å². The van der Waals surface area contributed by atoms with E-state index in [-0.39, 0.29) is 6.17 Å². The molecule has 1 aromatic heterocycles. The molecule has 1 aliphatic rings. The van der Waals surface area contributed by atoms with Crippen molar-refractivity contribution in [3.05, 3.63) is 126 Å². The summed E-state index contributed by atoms with van der Waals surface area (Å²) in [7, 11) is 0. The molecule has 1 atom stereocenters. The Kier molecular flexibility index (Phi) is 4.88. The second-order valence-electron chi connectivity index (χ2n) is 7.05. The molecule has 1 unspecified atom stereocenters. The predicted molar refractivity (Wildman–Crippen MR) is 122 cm³/mol. The largest absolute Gasteiger partial charge is 0.324 e. The van der Waals surface area contributed by atoms with Crippen molar-refractivity contribution >= 4 is 11.7 Å². The number of nitrogens with zero attached hydrogens (tertiary/aromatic N) is 3. The van der Waals surface area contributed by atoms with Crippen molar-refractivity contribution < 1.29 is 0 Å². The van der Waals surface area contributed by atoms with Crippen molar-refractivity contribution in [1.29, 1.82) is 0 Å². The lowest BCUT2D eigenvalue weighted by atomic mass is 10.0. The van der Waals surface area contributed by atoms with Gasteiger partial charge in [-0.25, -0.2) is 9.98 Å². The van der Waals surface area contributed by atoms with Crippen molar-refractivity contribution in [2.24, 2.45) is 9.98 Å². The van der Waals surface area contributed by atoms with E-state index in [1.807, 2.05) is 54.7 Å². The maximum Gasteiger partial charge on any atom is 0.169 e. The van der Waals surface area contributed by atoms with E-state index in [1.165, 1.54) is 0 Å². The van der Waals surface area contributed by atoms with E-state index in [0.717, 1.165) is 39.5 Å². The van der Waals surface area contributed by atoms with Gasteiger partial charge in [0.15, 0.2) is 6.17 Å². The predicted octanol–water partition coefficient (Wildman–Crippen LogP) is 5.24. The number of hydrogen-bond acceptors (Lipinski definition) is 4. The molecule has 0 bridgehead atoms. The average molecular weight is 388 g/mol. The van der Waals surface area contributed by atoms with E-state index in [1.54, 1.807) is 6.20 Å². The van der Waals surface area contributed by atoms with Crippen LogP contribution in [0.1, 0.15) is 22.9 Å². The Bertz CT molecular complexity index is 1200. The van der Waals surface area contributed by atoms with Crippen LogP contribution >= 0.6 is 0 Å². The second-order valence-corrected chi connectivity index (χ2v) is 7.05. The normalized spacial score (nSPS) is 15.7. The minimum atomic E-state index is -0.292. The van der Waals surface area contributed by atoms with Crippen LogP contribution in [0.4, 0.5) is 0 Å². The van der Waals surface area contributed by atoms with Crippen LogP contribution in [0.5, 0.6) is 0 Å². The highest BCUT2D eigenvalue weighted by atomic mass is 15.2. The van der Waals surface area contributed by atoms with Crippen molar-refractivity contribution in [3.8, 4) is 11.1 Å². The van der Waals surface area contributed by atoms with Gasteiger partial charge in [0.1, 0.15) is 11.7 Å². The van der Waals surface area contributed by atoms with Crippen molar-refractivity contribution in [3.63, 3.8) is 0 Å². The molecule has 0 amide bonds. The minimum Gasteiger partial charge on any atom is -0.324 e. The summed E-state index contributed by atoms with van der Waals surface area (Å²) in [5.74, 6) is 1.63. The first-order chi connectivity index (χ1) is 14.9. The molecule has 1 aliphatic heterocycles. The number of pyridine rings is 1. The number of rotatable bonds is 4. The number of amidine groups is 2. The molecule has 0 saturated heterocycles. The van der Waals surface area contributed by atoms with Crippen LogP contribution in [0, 0.1) is 0 Å². The third-order valence-corrected chi connectivity index (χ3v) is 5.02. The fraction of sp³-hybridized carbons (Fsp3) is 0.0385. The summed E-state index contributed by atoms with van der Waals surface area (Å²) in [6.45, 7) is 0. The number of hydrogen-bond donors (Lipinski definition) is 1. The smallest absolute Gasteiger partial charge is 0.169 e. The summed E-state index contributed by atoms with van der Waals surface area (Å²) in [6.07, 6.45) is 3.37. The lowest BCUT2D eigenvalue weighted by molar-refractivity contribution is 0.756. The summed E-state index contributed by atoms with van der Waals surface area (Å²) < 4.78 is 0. The number of benzene rings is 3. The van der Waals surface area contributed by atoms with Gasteiger partial charge in [0, 0.05) is 29.1 Å². The maximum absolute atomic E-state index is 4.94. The van der Waals surface area contributed by atoms with Gasteiger partial charge in [0.25, 0.3) is 0 Å². The molecule has 1 N–H and O–H groups in total. The molecular weight excluding hydrogens is 368 g/mol. The highest BCUT2D eigenvalue weighted by Crippen LogP contribution is 2.25. The minimum absolute atomic E-state index is 0.292. The van der Waals surface area contributed by atoms with Crippen molar-refractivity contribution in [2.45, 2.75) is 6.17 Å². The molecule has 0 radical (unpaired) electrons. The molecule has 0 spiro atoms. The van der Waals surface area contributed by atoms with Gasteiger partial charge < -0.3 is 5.32 Å². The summed E-state index contributed by atoms with van der Waals surface area (Å²) in [5, 5.41) is 3.45. The summed E-state index contributed by atoms with van der Waals surface area (Å²) in [6, 6.07) is 32.7. The molecule has 4 aromatic rings. The molecule has 3 aromatic carbocycles. The van der Waals surface area contributed by atoms with Gasteiger partial charge >= 0.3 is 0 Å². The molecule has 4 heteroatoms. The highest BCUT2D eigenvalue weighted by Gasteiger charge is 2.20. The molecule has 30 heavy (non-hydrogen) atoms. The Balaban J connectivity index is 1.57. The summed E-state index contributed by atoms with van der Waals surface area (Å²) in [4.78, 5) is 14.1. The lowest BCUT2D eigenvalue weighted by Gasteiger charge is -2.22. The number of aliphatic imine (C=N–C) groups is 2. The number of nitrogens with one attached hydrogen (secondary N) is 1. The molecule has 0 fully saturated rings. The topological polar surface area (TPSA) is 49.6 Å². The highest BCUT2D eigenvalue weighted by molar-refractivity contribution is 6.16. The summed E-state index contributed by atoms with van der Waals surface area (Å²) >= 11 is 0. The van der Waals surface area contributed by atoms with E-state index >= 15 is 0 Å². The molecule has 4 nitrogen and oxygen atoms in total. The second kappa shape index (κ2) is 8.13. The van der Waals surface area contributed by atoms with Gasteiger partial charge in [-0.3, -0.25) is 4.98 Å². The zero-order valence-electron chi connectivity index (χ0n) is 16.3. The maximum atomic E-state index is 4.94. The number of aromatic nitrogens is 1. The van der Waals surface area contributed by atoms with Crippen LogP contribution in [-0.4, -0.2) is 16.7 Å². The molecule has 0 saturated carbocycles. The SMILES string of the molecule is c1ccc(C2=NC(c3ccccc3)N=C(c3cccc(-c4cccnc4)c3)N2)cc1. The zero-order valence-corrected chi connectivity index (χ0v) is 16.3. The van der Waals surface area contributed by atoms with Crippen molar-refractivity contribution in [1.82, 2.24) is 10.3 Å². The van der Waals surface area contributed by atoms with Crippen LogP contribution in [0.2, 0.25) is 0 Å². The molecule has 2 heterocycles. The average Bonchev–Trinajstić information content (AvgIpc) is 2.85. The Morgan fingerprint density at radius 2 is 1.20 bits per heavy atom. The van der Waals surface area contributed by atoms with Crippen LogP contribution in [0.3, 0.4) is 0 Å². The van der Waals surface area contributed by atoms with Crippen LogP contribution in [-0.2, 0) is 0 Å². The van der Waals surface area contributed by atoms with E-state index in [0.29, 0.717) is 0 Å². The first-order valence-electron chi connectivity index (χ1n) is 9.91. The monoisotopic (exact) mass is 388 g/mol. The van der Waals surface area contributed by atoms with Gasteiger partial charge in [-0.05, 0) is 23.3 Å². The third kappa shape index (κ3) is 3.76. The van der Waals surface area contributed by atoms with Gasteiger partial charge in [-0.15, -0.1) is 0 Å². The first kappa shape index (κ1) is 18.0. The fourth-order valence-corrected chi connectivity index (χ4v) is 3.49. The van der Waals surface area contributed by atoms with Crippen LogP contribution in [0.15, 0.2) is 119 Å². The third-order valence-electron chi connectivity index (χ3n) is 5.02. The van der Waals surface area contributed by atoms with Gasteiger partial charge in [0.2, 0.25) is 0 Å². The first-order valence-corrected chi connectivity index (χ1v) is 9.91. The fourth-order valence-electron chi connectivity index (χ4n) is 3.49. The Morgan fingerprint density at radius 1 is 0.567 bits per heavy atom. The van der Waals surface area contributed by atoms with Crippen molar-refractivity contribution in [2.75, 3.05) is 0 Å². The van der Waals surface area contributed by atoms with E-state index in [2.05, 4.69) is 58.8 Å². The van der Waals surface area contributed by atoms with Gasteiger partial charge in [-0.1, -0.05) is 84.9 Å². The zero-order chi connectivity index (χ0) is 20.2. The molecule has 5 rings (SSSR count). The summed E-state index contributed by atoms with van der Waals surface area (Å²) in [5.41, 5.74) is 5.29. The molecular formula is C26H20N4. The van der Waals surface area contributed by atoms with E-state index in [9.17, 15) is 0 Å². The Hall–Kier alpha value is -4.05. The van der Waals surface area contributed by atoms with Gasteiger partial charge in [0.05, 0.1) is 0 Å². The molecule has 144 valence electrons. The Labute approximate surface area is 175 Å². The van der Waals surface area contributed by atoms with E-state index in [4.69, 9.17) is 9.98 Å². The lowest BCUT2D eigenvalue weighted by Crippen LogP contribution is -2.36. The van der Waals surface area contributed by atoms with Gasteiger partial charge in [-0.2, -0.15) is 0 Å². The Morgan fingerprint density at radius 3 is 1.93 bits per heavy atom. The standard InChI is InChI=1S/C26H20N4/c1-3-9-19(10-4-1)24-28-25(20-11-5-2-6-12-20)30-26(29-24)22-14-7-13-21(17-22)23-15-8-16-27-18-23/h1-18,24H,(H,28,29,30). The van der Waals surface area contributed by atoms with E-state index < -0.39 is 0 Å².